The second kappa shape index (κ2) is 7.04. The highest BCUT2D eigenvalue weighted by molar-refractivity contribution is 7.17. The SMILES string of the molecule is Cc1nc(NC(=O)CC2CC2)sc1C(=O)CCc1ccccc1. The van der Waals surface area contributed by atoms with Crippen LogP contribution in [0.1, 0.15) is 46.6 Å². The maximum Gasteiger partial charge on any atom is 0.226 e. The predicted molar refractivity (Wildman–Crippen MR) is 91.9 cm³/mol. The third kappa shape index (κ3) is 4.48. The van der Waals surface area contributed by atoms with Gasteiger partial charge in [0.15, 0.2) is 10.9 Å². The van der Waals surface area contributed by atoms with Crippen molar-refractivity contribution in [3.63, 3.8) is 0 Å². The number of nitrogens with one attached hydrogen (secondary N) is 1. The van der Waals surface area contributed by atoms with Crippen molar-refractivity contribution < 1.29 is 9.59 Å². The molecule has 2 aromatic rings. The van der Waals surface area contributed by atoms with Gasteiger partial charge >= 0.3 is 0 Å². The minimum atomic E-state index is 0.00420. The Kier molecular flexibility index (Phi) is 4.86. The van der Waals surface area contributed by atoms with E-state index in [-0.39, 0.29) is 11.7 Å². The molecule has 0 spiro atoms. The zero-order valence-corrected chi connectivity index (χ0v) is 14.0. The molecule has 0 atom stereocenters. The van der Waals surface area contributed by atoms with Crippen LogP contribution in [0.25, 0.3) is 0 Å². The van der Waals surface area contributed by atoms with Gasteiger partial charge in [-0.1, -0.05) is 41.7 Å². The molecule has 1 N–H and O–H groups in total. The summed E-state index contributed by atoms with van der Waals surface area (Å²) in [7, 11) is 0. The lowest BCUT2D eigenvalue weighted by atomic mass is 10.1. The summed E-state index contributed by atoms with van der Waals surface area (Å²) >= 11 is 1.29. The van der Waals surface area contributed by atoms with Crippen LogP contribution in [0.15, 0.2) is 30.3 Å². The van der Waals surface area contributed by atoms with Crippen molar-refractivity contribution >= 4 is 28.2 Å². The molecule has 3 rings (SSSR count). The normalized spacial score (nSPS) is 13.8. The number of aromatic nitrogens is 1. The number of rotatable bonds is 7. The third-order valence-corrected chi connectivity index (χ3v) is 5.06. The fourth-order valence-electron chi connectivity index (χ4n) is 2.48. The van der Waals surface area contributed by atoms with Crippen LogP contribution < -0.4 is 5.32 Å². The molecule has 1 aliphatic carbocycles. The second-order valence-electron chi connectivity index (χ2n) is 6.04. The molecule has 23 heavy (non-hydrogen) atoms. The molecule has 1 amide bonds. The average Bonchev–Trinajstić information content (AvgIpc) is 3.27. The van der Waals surface area contributed by atoms with E-state index < -0.39 is 0 Å². The van der Waals surface area contributed by atoms with E-state index in [0.717, 1.165) is 24.8 Å². The Balaban J connectivity index is 1.58. The quantitative estimate of drug-likeness (QED) is 0.781. The van der Waals surface area contributed by atoms with Crippen LogP contribution in [0.5, 0.6) is 0 Å². The summed E-state index contributed by atoms with van der Waals surface area (Å²) in [5.74, 6) is 0.638. The molecule has 1 aromatic carbocycles. The zero-order chi connectivity index (χ0) is 16.2. The minimum absolute atomic E-state index is 0.00420. The number of carbonyl (C=O) groups excluding carboxylic acids is 2. The molecule has 0 bridgehead atoms. The van der Waals surface area contributed by atoms with Gasteiger partial charge in [-0.05, 0) is 37.7 Å². The average molecular weight is 328 g/mol. The minimum Gasteiger partial charge on any atom is -0.302 e. The summed E-state index contributed by atoms with van der Waals surface area (Å²) in [5.41, 5.74) is 1.86. The Hall–Kier alpha value is -2.01. The molecular weight excluding hydrogens is 308 g/mol. The summed E-state index contributed by atoms with van der Waals surface area (Å²) in [5, 5.41) is 3.36. The first-order valence-electron chi connectivity index (χ1n) is 7.96. The van der Waals surface area contributed by atoms with Crippen molar-refractivity contribution in [1.82, 2.24) is 4.98 Å². The van der Waals surface area contributed by atoms with Gasteiger partial charge in [-0.15, -0.1) is 0 Å². The number of thiazole rings is 1. The van der Waals surface area contributed by atoms with E-state index >= 15 is 0 Å². The van der Waals surface area contributed by atoms with E-state index in [4.69, 9.17) is 0 Å². The van der Waals surface area contributed by atoms with E-state index in [1.807, 2.05) is 37.3 Å². The number of hydrogen-bond acceptors (Lipinski definition) is 4. The zero-order valence-electron chi connectivity index (χ0n) is 13.2. The summed E-state index contributed by atoms with van der Waals surface area (Å²) in [6.45, 7) is 1.82. The number of Topliss-reactive ketones (excluding diaryl/α,β-unsaturated/α-hetero) is 1. The van der Waals surface area contributed by atoms with Gasteiger partial charge in [0.05, 0.1) is 10.6 Å². The van der Waals surface area contributed by atoms with Crippen LogP contribution in [0.2, 0.25) is 0 Å². The maximum atomic E-state index is 12.4. The summed E-state index contributed by atoms with van der Waals surface area (Å²) < 4.78 is 0. The molecule has 0 unspecified atom stereocenters. The monoisotopic (exact) mass is 328 g/mol. The molecular formula is C18H20N2O2S. The largest absolute Gasteiger partial charge is 0.302 e. The Morgan fingerprint density at radius 2 is 2.00 bits per heavy atom. The van der Waals surface area contributed by atoms with E-state index in [2.05, 4.69) is 10.3 Å². The number of aryl methyl sites for hydroxylation is 2. The molecule has 0 saturated heterocycles. The second-order valence-corrected chi connectivity index (χ2v) is 7.04. The number of amides is 1. The molecule has 1 aliphatic rings. The van der Waals surface area contributed by atoms with Gasteiger partial charge in [-0.2, -0.15) is 0 Å². The number of benzene rings is 1. The molecule has 0 radical (unpaired) electrons. The third-order valence-electron chi connectivity index (χ3n) is 3.95. The highest BCUT2D eigenvalue weighted by atomic mass is 32.1. The summed E-state index contributed by atoms with van der Waals surface area (Å²) in [6, 6.07) is 9.97. The molecule has 4 nitrogen and oxygen atoms in total. The first-order valence-corrected chi connectivity index (χ1v) is 8.78. The summed E-state index contributed by atoms with van der Waals surface area (Å²) in [6.07, 6.45) is 4.04. The fraction of sp³-hybridized carbons (Fsp3) is 0.389. The van der Waals surface area contributed by atoms with Gasteiger partial charge in [0.25, 0.3) is 0 Å². The molecule has 0 aliphatic heterocycles. The Bertz CT molecular complexity index is 705. The topological polar surface area (TPSA) is 59.1 Å². The van der Waals surface area contributed by atoms with Crippen molar-refractivity contribution in [2.24, 2.45) is 5.92 Å². The molecule has 1 aromatic heterocycles. The Labute approximate surface area is 140 Å². The van der Waals surface area contributed by atoms with Gasteiger partial charge in [0.1, 0.15) is 0 Å². The number of anilines is 1. The summed E-state index contributed by atoms with van der Waals surface area (Å²) in [4.78, 5) is 29.2. The number of ketones is 1. The van der Waals surface area contributed by atoms with Crippen molar-refractivity contribution in [3.8, 4) is 0 Å². The number of hydrogen-bond donors (Lipinski definition) is 1. The van der Waals surface area contributed by atoms with Gasteiger partial charge < -0.3 is 5.32 Å². The van der Waals surface area contributed by atoms with Gasteiger partial charge in [0.2, 0.25) is 5.91 Å². The van der Waals surface area contributed by atoms with Crippen molar-refractivity contribution in [2.45, 2.75) is 39.0 Å². The molecule has 5 heteroatoms. The first-order chi connectivity index (χ1) is 11.1. The number of nitrogens with zero attached hydrogens (tertiary/aromatic N) is 1. The molecule has 1 heterocycles. The smallest absolute Gasteiger partial charge is 0.226 e. The lowest BCUT2D eigenvalue weighted by molar-refractivity contribution is -0.116. The molecule has 1 saturated carbocycles. The van der Waals surface area contributed by atoms with Crippen LogP contribution in [0.4, 0.5) is 5.13 Å². The van der Waals surface area contributed by atoms with Crippen LogP contribution in [0.3, 0.4) is 0 Å². The lowest BCUT2D eigenvalue weighted by Gasteiger charge is -2.00. The Morgan fingerprint density at radius 1 is 1.26 bits per heavy atom. The Morgan fingerprint density at radius 3 is 2.70 bits per heavy atom. The fourth-order valence-corrected chi connectivity index (χ4v) is 3.43. The van der Waals surface area contributed by atoms with E-state index in [0.29, 0.717) is 34.5 Å². The van der Waals surface area contributed by atoms with Gasteiger partial charge in [-0.25, -0.2) is 4.98 Å². The van der Waals surface area contributed by atoms with Gasteiger partial charge in [0, 0.05) is 12.8 Å². The molecule has 1 fully saturated rings. The van der Waals surface area contributed by atoms with Crippen molar-refractivity contribution in [3.05, 3.63) is 46.5 Å². The predicted octanol–water partition coefficient (Wildman–Crippen LogP) is 4.01. The van der Waals surface area contributed by atoms with Crippen molar-refractivity contribution in [1.29, 1.82) is 0 Å². The van der Waals surface area contributed by atoms with E-state index in [1.165, 1.54) is 11.3 Å². The molecule has 120 valence electrons. The van der Waals surface area contributed by atoms with Crippen LogP contribution in [-0.2, 0) is 11.2 Å². The van der Waals surface area contributed by atoms with Crippen molar-refractivity contribution in [2.75, 3.05) is 5.32 Å². The van der Waals surface area contributed by atoms with E-state index in [9.17, 15) is 9.59 Å². The van der Waals surface area contributed by atoms with Crippen LogP contribution in [0, 0.1) is 12.8 Å². The maximum absolute atomic E-state index is 12.4. The highest BCUT2D eigenvalue weighted by Crippen LogP contribution is 2.33. The van der Waals surface area contributed by atoms with E-state index in [1.54, 1.807) is 0 Å². The first kappa shape index (κ1) is 15.9. The standard InChI is InChI=1S/C18H20N2O2S/c1-12-17(15(21)10-9-13-5-3-2-4-6-13)23-18(19-12)20-16(22)11-14-7-8-14/h2-6,14H,7-11H2,1H3,(H,19,20,22). The lowest BCUT2D eigenvalue weighted by Crippen LogP contribution is -2.11. The van der Waals surface area contributed by atoms with Crippen LogP contribution >= 0.6 is 11.3 Å². The van der Waals surface area contributed by atoms with Crippen LogP contribution in [-0.4, -0.2) is 16.7 Å². The number of carbonyl (C=O) groups is 2. The highest BCUT2D eigenvalue weighted by Gasteiger charge is 2.25. The van der Waals surface area contributed by atoms with Gasteiger partial charge in [-0.3, -0.25) is 9.59 Å².